The Morgan fingerprint density at radius 1 is 0.972 bits per heavy atom. The highest BCUT2D eigenvalue weighted by atomic mass is 32.1. The van der Waals surface area contributed by atoms with Crippen molar-refractivity contribution in [2.45, 2.75) is 26.9 Å². The number of anilines is 1. The van der Waals surface area contributed by atoms with E-state index in [4.69, 9.17) is 21.7 Å². The molecule has 0 radical (unpaired) electrons. The molecule has 1 aliphatic rings. The zero-order chi connectivity index (χ0) is 25.7. The number of hydrogen-bond acceptors (Lipinski definition) is 5. The number of aryl methyl sites for hydroxylation is 2. The van der Waals surface area contributed by atoms with E-state index in [1.165, 1.54) is 22.5 Å². The monoisotopic (exact) mass is 500 g/mol. The quantitative estimate of drug-likeness (QED) is 0.238. The van der Waals surface area contributed by atoms with Crippen LogP contribution in [0.2, 0.25) is 0 Å². The van der Waals surface area contributed by atoms with Gasteiger partial charge in [0.2, 0.25) is 0 Å². The first-order valence-corrected chi connectivity index (χ1v) is 12.1. The second kappa shape index (κ2) is 11.2. The van der Waals surface area contributed by atoms with E-state index in [0.717, 1.165) is 17.5 Å². The molecule has 0 saturated carbocycles. The van der Waals surface area contributed by atoms with Crippen LogP contribution in [0, 0.1) is 6.92 Å². The van der Waals surface area contributed by atoms with E-state index >= 15 is 0 Å². The maximum Gasteiger partial charge on any atom is 0.325 e. The van der Waals surface area contributed by atoms with Crippen LogP contribution in [0.5, 0.6) is 5.75 Å². The molecule has 1 aliphatic heterocycles. The fourth-order valence-electron chi connectivity index (χ4n) is 3.86. The minimum Gasteiger partial charge on any atom is -0.488 e. The summed E-state index contributed by atoms with van der Waals surface area (Å²) < 4.78 is 11.0. The van der Waals surface area contributed by atoms with E-state index in [0.29, 0.717) is 23.6 Å². The number of amides is 1. The molecule has 0 aliphatic carbocycles. The molecule has 1 amide bonds. The maximum absolute atomic E-state index is 13.6. The average molecular weight is 501 g/mol. The van der Waals surface area contributed by atoms with Crippen LogP contribution in [0.3, 0.4) is 0 Å². The zero-order valence-electron chi connectivity index (χ0n) is 20.6. The van der Waals surface area contributed by atoms with Gasteiger partial charge in [-0.3, -0.25) is 14.5 Å². The highest BCUT2D eigenvalue weighted by Crippen LogP contribution is 2.31. The molecule has 6 nitrogen and oxygen atoms in total. The van der Waals surface area contributed by atoms with Gasteiger partial charge >= 0.3 is 5.97 Å². The Labute approximate surface area is 216 Å². The van der Waals surface area contributed by atoms with E-state index in [9.17, 15) is 9.59 Å². The van der Waals surface area contributed by atoms with Gasteiger partial charge < -0.3 is 14.4 Å². The molecule has 1 fully saturated rings. The lowest BCUT2D eigenvalue weighted by Gasteiger charge is -2.19. The van der Waals surface area contributed by atoms with Crippen LogP contribution in [-0.4, -0.2) is 35.5 Å². The molecular formula is C29H28N2O4S. The van der Waals surface area contributed by atoms with Gasteiger partial charge in [-0.15, -0.1) is 0 Å². The lowest BCUT2D eigenvalue weighted by Crippen LogP contribution is -2.35. The minimum absolute atomic E-state index is 0.178. The van der Waals surface area contributed by atoms with Crippen LogP contribution in [0.25, 0.3) is 6.08 Å². The molecule has 0 bridgehead atoms. The third kappa shape index (κ3) is 5.47. The van der Waals surface area contributed by atoms with E-state index < -0.39 is 5.97 Å². The summed E-state index contributed by atoms with van der Waals surface area (Å²) in [5, 5.41) is 0.221. The normalized spacial score (nSPS) is 14.5. The smallest absolute Gasteiger partial charge is 0.325 e. The number of carbonyl (C=O) groups is 2. The van der Waals surface area contributed by atoms with E-state index in [1.807, 2.05) is 79.7 Å². The van der Waals surface area contributed by atoms with Gasteiger partial charge in [0, 0.05) is 5.56 Å². The highest BCUT2D eigenvalue weighted by molar-refractivity contribution is 7.80. The number of methoxy groups -OCH3 is 1. The number of rotatable bonds is 8. The van der Waals surface area contributed by atoms with Gasteiger partial charge in [-0.2, -0.15) is 0 Å². The van der Waals surface area contributed by atoms with Crippen molar-refractivity contribution in [2.75, 3.05) is 18.6 Å². The first-order valence-electron chi connectivity index (χ1n) is 11.7. The summed E-state index contributed by atoms with van der Waals surface area (Å²) in [6.45, 7) is 4.31. The summed E-state index contributed by atoms with van der Waals surface area (Å²) in [6.07, 6.45) is 2.60. The van der Waals surface area contributed by atoms with Crippen LogP contribution in [-0.2, 0) is 27.4 Å². The van der Waals surface area contributed by atoms with E-state index in [2.05, 4.69) is 6.92 Å². The molecule has 0 spiro atoms. The fraction of sp³-hybridized carbons (Fsp3) is 0.207. The second-order valence-electron chi connectivity index (χ2n) is 8.45. The Balaban J connectivity index is 1.67. The molecule has 0 N–H and O–H groups in total. The lowest BCUT2D eigenvalue weighted by molar-refractivity contribution is -0.140. The third-order valence-corrected chi connectivity index (χ3v) is 6.38. The molecule has 36 heavy (non-hydrogen) atoms. The zero-order valence-corrected chi connectivity index (χ0v) is 21.4. The Bertz CT molecular complexity index is 1300. The second-order valence-corrected chi connectivity index (χ2v) is 8.81. The van der Waals surface area contributed by atoms with Crippen LogP contribution in [0.4, 0.5) is 5.69 Å². The molecule has 184 valence electrons. The van der Waals surface area contributed by atoms with Gasteiger partial charge in [0.15, 0.2) is 5.11 Å². The van der Waals surface area contributed by atoms with Gasteiger partial charge in [-0.05, 0) is 61.0 Å². The lowest BCUT2D eigenvalue weighted by atomic mass is 10.1. The number of hydrogen-bond donors (Lipinski definition) is 0. The first kappa shape index (κ1) is 25.1. The van der Waals surface area contributed by atoms with Crippen molar-refractivity contribution in [1.29, 1.82) is 0 Å². The van der Waals surface area contributed by atoms with Crippen molar-refractivity contribution in [3.8, 4) is 5.75 Å². The van der Waals surface area contributed by atoms with Crippen molar-refractivity contribution < 1.29 is 19.1 Å². The van der Waals surface area contributed by atoms with Crippen molar-refractivity contribution in [2.24, 2.45) is 0 Å². The summed E-state index contributed by atoms with van der Waals surface area (Å²) >= 11 is 5.65. The number of ether oxygens (including phenoxy) is 2. The number of benzene rings is 3. The Morgan fingerprint density at radius 2 is 1.64 bits per heavy atom. The van der Waals surface area contributed by atoms with Crippen molar-refractivity contribution in [1.82, 2.24) is 4.90 Å². The molecule has 3 aromatic rings. The van der Waals surface area contributed by atoms with Crippen LogP contribution < -0.4 is 9.64 Å². The Kier molecular flexibility index (Phi) is 7.80. The summed E-state index contributed by atoms with van der Waals surface area (Å²) in [5.41, 5.74) is 4.99. The van der Waals surface area contributed by atoms with Gasteiger partial charge in [-0.25, -0.2) is 0 Å². The molecule has 4 rings (SSSR count). The molecule has 7 heteroatoms. The molecular weight excluding hydrogens is 472 g/mol. The van der Waals surface area contributed by atoms with Gasteiger partial charge in [-0.1, -0.05) is 67.1 Å². The molecule has 0 atom stereocenters. The van der Waals surface area contributed by atoms with Crippen molar-refractivity contribution in [3.05, 3.63) is 101 Å². The maximum atomic E-state index is 13.6. The molecule has 1 heterocycles. The van der Waals surface area contributed by atoms with Crippen molar-refractivity contribution in [3.63, 3.8) is 0 Å². The minimum atomic E-state index is -0.497. The van der Waals surface area contributed by atoms with Gasteiger partial charge in [0.25, 0.3) is 5.91 Å². The number of thiocarbonyl (C=S) groups is 1. The standard InChI is InChI=1S/C29H28N2O4S/c1-4-21-13-15-24(16-14-21)31-28(33)25(30(29(31)36)18-27(32)34-3)17-23-7-5-6-8-26(23)35-19-22-11-9-20(2)10-12-22/h5-17H,4,18-19H2,1-3H3/b25-17-. The van der Waals surface area contributed by atoms with Crippen molar-refractivity contribution >= 4 is 41.0 Å². The van der Waals surface area contributed by atoms with Crippen LogP contribution >= 0.6 is 12.2 Å². The Hall–Kier alpha value is -3.97. The van der Waals surface area contributed by atoms with Gasteiger partial charge in [0.05, 0.1) is 12.8 Å². The summed E-state index contributed by atoms with van der Waals surface area (Å²) in [5.74, 6) is -0.197. The highest BCUT2D eigenvalue weighted by Gasteiger charge is 2.40. The molecule has 0 aromatic heterocycles. The summed E-state index contributed by atoms with van der Waals surface area (Å²) in [4.78, 5) is 28.8. The average Bonchev–Trinajstić information content (AvgIpc) is 3.12. The molecule has 1 saturated heterocycles. The summed E-state index contributed by atoms with van der Waals surface area (Å²) in [7, 11) is 1.31. The predicted octanol–water partition coefficient (Wildman–Crippen LogP) is 5.28. The topological polar surface area (TPSA) is 59.1 Å². The van der Waals surface area contributed by atoms with Crippen LogP contribution in [0.15, 0.2) is 78.5 Å². The Morgan fingerprint density at radius 3 is 2.31 bits per heavy atom. The van der Waals surface area contributed by atoms with E-state index in [-0.39, 0.29) is 23.3 Å². The number of nitrogens with zero attached hydrogens (tertiary/aromatic N) is 2. The van der Waals surface area contributed by atoms with Gasteiger partial charge in [0.1, 0.15) is 24.6 Å². The fourth-order valence-corrected chi connectivity index (χ4v) is 4.21. The largest absolute Gasteiger partial charge is 0.488 e. The molecule has 3 aromatic carbocycles. The SMILES string of the molecule is CCc1ccc(N2C(=O)/C(=C/c3ccccc3OCc3ccc(C)cc3)N(CC(=O)OC)C2=S)cc1. The third-order valence-electron chi connectivity index (χ3n) is 5.98. The predicted molar refractivity (Wildman–Crippen MR) is 145 cm³/mol. The first-order chi connectivity index (χ1) is 17.4. The summed E-state index contributed by atoms with van der Waals surface area (Å²) in [6, 6.07) is 23.2. The number of esters is 1. The van der Waals surface area contributed by atoms with E-state index in [1.54, 1.807) is 6.08 Å². The van der Waals surface area contributed by atoms with Crippen LogP contribution in [0.1, 0.15) is 29.2 Å². The number of para-hydroxylation sites is 1. The number of carbonyl (C=O) groups excluding carboxylic acids is 2. The molecule has 0 unspecified atom stereocenters.